The zero-order chi connectivity index (χ0) is 14.7. The predicted octanol–water partition coefficient (Wildman–Crippen LogP) is 4.76. The molecule has 0 aliphatic heterocycles. The fourth-order valence-corrected chi connectivity index (χ4v) is 3.13. The SMILES string of the molecule is CCC(N)C(Oc1ccc2ccccc2c1)c1ccsc1. The number of thiophene rings is 1. The van der Waals surface area contributed by atoms with E-state index in [0.717, 1.165) is 17.7 Å². The van der Waals surface area contributed by atoms with Gasteiger partial charge in [0, 0.05) is 11.6 Å². The first-order valence-electron chi connectivity index (χ1n) is 7.21. The van der Waals surface area contributed by atoms with Crippen molar-refractivity contribution in [2.45, 2.75) is 25.5 Å². The normalized spacial score (nSPS) is 14.0. The van der Waals surface area contributed by atoms with Gasteiger partial charge in [0.05, 0.1) is 0 Å². The average molecular weight is 297 g/mol. The van der Waals surface area contributed by atoms with Gasteiger partial charge in [-0.2, -0.15) is 11.3 Å². The van der Waals surface area contributed by atoms with Crippen LogP contribution in [0.5, 0.6) is 5.75 Å². The molecule has 0 bridgehead atoms. The topological polar surface area (TPSA) is 35.2 Å². The van der Waals surface area contributed by atoms with Gasteiger partial charge in [0.25, 0.3) is 0 Å². The van der Waals surface area contributed by atoms with Crippen LogP contribution in [0.1, 0.15) is 25.0 Å². The molecule has 0 saturated heterocycles. The number of nitrogens with two attached hydrogens (primary N) is 1. The van der Waals surface area contributed by atoms with Gasteiger partial charge in [-0.15, -0.1) is 0 Å². The second kappa shape index (κ2) is 6.29. The minimum Gasteiger partial charge on any atom is -0.484 e. The van der Waals surface area contributed by atoms with Crippen LogP contribution in [0.4, 0.5) is 0 Å². The van der Waals surface area contributed by atoms with Gasteiger partial charge in [-0.05, 0) is 46.2 Å². The molecule has 0 spiro atoms. The van der Waals surface area contributed by atoms with E-state index in [2.05, 4.69) is 48.0 Å². The van der Waals surface area contributed by atoms with Gasteiger partial charge in [-0.3, -0.25) is 0 Å². The summed E-state index contributed by atoms with van der Waals surface area (Å²) >= 11 is 1.67. The Hall–Kier alpha value is -1.84. The summed E-state index contributed by atoms with van der Waals surface area (Å²) in [6.45, 7) is 2.09. The Balaban J connectivity index is 1.90. The molecule has 2 nitrogen and oxygen atoms in total. The van der Waals surface area contributed by atoms with E-state index >= 15 is 0 Å². The Kier molecular flexibility index (Phi) is 4.23. The Morgan fingerprint density at radius 3 is 2.62 bits per heavy atom. The van der Waals surface area contributed by atoms with Gasteiger partial charge in [0.15, 0.2) is 0 Å². The number of ether oxygens (including phenoxy) is 1. The van der Waals surface area contributed by atoms with E-state index in [-0.39, 0.29) is 12.1 Å². The summed E-state index contributed by atoms with van der Waals surface area (Å²) in [5.41, 5.74) is 7.40. The van der Waals surface area contributed by atoms with E-state index in [1.165, 1.54) is 10.8 Å². The quantitative estimate of drug-likeness (QED) is 0.737. The van der Waals surface area contributed by atoms with Crippen molar-refractivity contribution in [1.82, 2.24) is 0 Å². The summed E-state index contributed by atoms with van der Waals surface area (Å²) in [5.74, 6) is 0.869. The van der Waals surface area contributed by atoms with Crippen molar-refractivity contribution in [2.75, 3.05) is 0 Å². The maximum atomic E-state index is 6.25. The highest BCUT2D eigenvalue weighted by Gasteiger charge is 2.21. The van der Waals surface area contributed by atoms with Gasteiger partial charge in [0.2, 0.25) is 0 Å². The molecule has 0 amide bonds. The highest BCUT2D eigenvalue weighted by molar-refractivity contribution is 7.07. The molecule has 3 heteroatoms. The summed E-state index contributed by atoms with van der Waals surface area (Å²) in [6, 6.07) is 16.6. The van der Waals surface area contributed by atoms with Crippen molar-refractivity contribution in [3.8, 4) is 5.75 Å². The summed E-state index contributed by atoms with van der Waals surface area (Å²) < 4.78 is 6.20. The summed E-state index contributed by atoms with van der Waals surface area (Å²) in [5, 5.41) is 6.58. The minimum atomic E-state index is -0.0950. The van der Waals surface area contributed by atoms with Gasteiger partial charge < -0.3 is 10.5 Å². The lowest BCUT2D eigenvalue weighted by Gasteiger charge is -2.24. The number of hydrogen-bond acceptors (Lipinski definition) is 3. The Morgan fingerprint density at radius 2 is 1.90 bits per heavy atom. The van der Waals surface area contributed by atoms with Crippen molar-refractivity contribution in [3.05, 3.63) is 64.9 Å². The van der Waals surface area contributed by atoms with Crippen molar-refractivity contribution < 1.29 is 4.74 Å². The Morgan fingerprint density at radius 1 is 1.10 bits per heavy atom. The molecule has 0 saturated carbocycles. The molecule has 0 aliphatic carbocycles. The molecule has 1 heterocycles. The molecule has 2 unspecified atom stereocenters. The molecule has 0 aliphatic rings. The molecule has 0 fully saturated rings. The van der Waals surface area contributed by atoms with E-state index in [9.17, 15) is 0 Å². The van der Waals surface area contributed by atoms with Crippen LogP contribution in [0.3, 0.4) is 0 Å². The second-order valence-electron chi connectivity index (χ2n) is 5.18. The molecule has 108 valence electrons. The van der Waals surface area contributed by atoms with E-state index < -0.39 is 0 Å². The van der Waals surface area contributed by atoms with E-state index in [4.69, 9.17) is 10.5 Å². The van der Waals surface area contributed by atoms with Crippen molar-refractivity contribution >= 4 is 22.1 Å². The highest BCUT2D eigenvalue weighted by Crippen LogP contribution is 2.29. The number of rotatable bonds is 5. The minimum absolute atomic E-state index is 0.00827. The van der Waals surface area contributed by atoms with Gasteiger partial charge in [-0.25, -0.2) is 0 Å². The lowest BCUT2D eigenvalue weighted by molar-refractivity contribution is 0.172. The van der Waals surface area contributed by atoms with Gasteiger partial charge in [-0.1, -0.05) is 37.3 Å². The van der Waals surface area contributed by atoms with Crippen LogP contribution < -0.4 is 10.5 Å². The first-order chi connectivity index (χ1) is 10.3. The van der Waals surface area contributed by atoms with Crippen molar-refractivity contribution in [3.63, 3.8) is 0 Å². The standard InChI is InChI=1S/C18H19NOS/c1-2-17(19)18(15-9-10-21-12-15)20-16-8-7-13-5-3-4-6-14(13)11-16/h3-12,17-18H,2,19H2,1H3. The largest absolute Gasteiger partial charge is 0.484 e. The lowest BCUT2D eigenvalue weighted by atomic mass is 10.0. The Labute approximate surface area is 129 Å². The zero-order valence-electron chi connectivity index (χ0n) is 12.0. The van der Waals surface area contributed by atoms with Gasteiger partial charge in [0.1, 0.15) is 11.9 Å². The van der Waals surface area contributed by atoms with Gasteiger partial charge >= 0.3 is 0 Å². The summed E-state index contributed by atoms with van der Waals surface area (Å²) in [6.07, 6.45) is 0.788. The number of benzene rings is 2. The van der Waals surface area contributed by atoms with E-state index in [1.54, 1.807) is 11.3 Å². The molecule has 2 atom stereocenters. The van der Waals surface area contributed by atoms with Crippen LogP contribution in [0.2, 0.25) is 0 Å². The molecule has 3 aromatic rings. The van der Waals surface area contributed by atoms with Crippen molar-refractivity contribution in [1.29, 1.82) is 0 Å². The molecule has 3 rings (SSSR count). The fourth-order valence-electron chi connectivity index (χ4n) is 2.44. The third-order valence-corrected chi connectivity index (χ3v) is 4.42. The van der Waals surface area contributed by atoms with Crippen LogP contribution in [0, 0.1) is 0 Å². The zero-order valence-corrected chi connectivity index (χ0v) is 12.8. The molecule has 0 radical (unpaired) electrons. The molecule has 21 heavy (non-hydrogen) atoms. The molecular weight excluding hydrogens is 278 g/mol. The van der Waals surface area contributed by atoms with Crippen LogP contribution in [0.25, 0.3) is 10.8 Å². The van der Waals surface area contributed by atoms with E-state index in [1.807, 2.05) is 18.2 Å². The van der Waals surface area contributed by atoms with E-state index in [0.29, 0.717) is 0 Å². The van der Waals surface area contributed by atoms with Crippen molar-refractivity contribution in [2.24, 2.45) is 5.73 Å². The van der Waals surface area contributed by atoms with Crippen LogP contribution in [-0.2, 0) is 0 Å². The molecule has 2 aromatic carbocycles. The fraction of sp³-hybridized carbons (Fsp3) is 0.222. The maximum absolute atomic E-state index is 6.25. The second-order valence-corrected chi connectivity index (χ2v) is 5.96. The number of hydrogen-bond donors (Lipinski definition) is 1. The molecular formula is C18H19NOS. The van der Waals surface area contributed by atoms with Crippen LogP contribution in [0.15, 0.2) is 59.3 Å². The maximum Gasteiger partial charge on any atom is 0.140 e. The molecule has 2 N–H and O–H groups in total. The molecule has 1 aromatic heterocycles. The van der Waals surface area contributed by atoms with Crippen LogP contribution >= 0.6 is 11.3 Å². The Bertz CT molecular complexity index is 708. The monoisotopic (exact) mass is 297 g/mol. The first-order valence-corrected chi connectivity index (χ1v) is 8.15. The lowest BCUT2D eigenvalue weighted by Crippen LogP contribution is -2.31. The third kappa shape index (κ3) is 3.09. The smallest absolute Gasteiger partial charge is 0.140 e. The summed E-state index contributed by atoms with van der Waals surface area (Å²) in [4.78, 5) is 0. The highest BCUT2D eigenvalue weighted by atomic mass is 32.1. The van der Waals surface area contributed by atoms with Crippen LogP contribution in [-0.4, -0.2) is 6.04 Å². The first kappa shape index (κ1) is 14.1. The number of fused-ring (bicyclic) bond motifs is 1. The summed E-state index contributed by atoms with van der Waals surface area (Å²) in [7, 11) is 0. The third-order valence-electron chi connectivity index (χ3n) is 3.72. The average Bonchev–Trinajstić information content (AvgIpc) is 3.06. The predicted molar refractivity (Wildman–Crippen MR) is 89.9 cm³/mol.